The Morgan fingerprint density at radius 3 is 3.00 bits per heavy atom. The number of pyridine rings is 1. The number of nitrogens with two attached hydrogens (primary N) is 1. The molecule has 0 radical (unpaired) electrons. The van der Waals surface area contributed by atoms with Crippen LogP contribution in [0.1, 0.15) is 5.56 Å². The molecule has 3 nitrogen and oxygen atoms in total. The number of anilines is 1. The summed E-state index contributed by atoms with van der Waals surface area (Å²) in [5.74, 6) is 0. The number of hydrogen-bond acceptors (Lipinski definition) is 3. The van der Waals surface area contributed by atoms with Crippen LogP contribution in [0.2, 0.25) is 5.02 Å². The molecule has 0 spiro atoms. The van der Waals surface area contributed by atoms with Crippen LogP contribution in [0.5, 0.6) is 0 Å². The van der Waals surface area contributed by atoms with Crippen molar-refractivity contribution < 1.29 is 0 Å². The Morgan fingerprint density at radius 1 is 1.64 bits per heavy atom. The van der Waals surface area contributed by atoms with Gasteiger partial charge in [0.1, 0.15) is 0 Å². The van der Waals surface area contributed by atoms with E-state index in [0.29, 0.717) is 16.3 Å². The summed E-state index contributed by atoms with van der Waals surface area (Å²) in [7, 11) is 0. The fourth-order valence-electron chi connectivity index (χ4n) is 0.711. The van der Waals surface area contributed by atoms with Gasteiger partial charge < -0.3 is 5.73 Å². The SMILES string of the molecule is N#CCc1cncc(Cl)c1N. The molecule has 56 valence electrons. The van der Waals surface area contributed by atoms with Gasteiger partial charge in [-0.15, -0.1) is 0 Å². The van der Waals surface area contributed by atoms with E-state index in [4.69, 9.17) is 22.6 Å². The van der Waals surface area contributed by atoms with Crippen LogP contribution in [0.25, 0.3) is 0 Å². The third-order valence-electron chi connectivity index (χ3n) is 1.29. The molecule has 0 aromatic carbocycles. The highest BCUT2D eigenvalue weighted by atomic mass is 35.5. The van der Waals surface area contributed by atoms with E-state index < -0.39 is 0 Å². The number of nitrogen functional groups attached to an aromatic ring is 1. The second-order valence-electron chi connectivity index (χ2n) is 2.03. The first-order valence-corrected chi connectivity index (χ1v) is 3.38. The van der Waals surface area contributed by atoms with Gasteiger partial charge in [0.2, 0.25) is 0 Å². The molecule has 0 saturated carbocycles. The maximum atomic E-state index is 8.36. The molecule has 1 rings (SSSR count). The first-order chi connectivity index (χ1) is 5.25. The summed E-state index contributed by atoms with van der Waals surface area (Å²) in [4.78, 5) is 3.80. The number of hydrogen-bond donors (Lipinski definition) is 1. The third-order valence-corrected chi connectivity index (χ3v) is 1.59. The third kappa shape index (κ3) is 1.60. The first-order valence-electron chi connectivity index (χ1n) is 3.00. The second kappa shape index (κ2) is 3.22. The zero-order chi connectivity index (χ0) is 8.27. The molecule has 0 atom stereocenters. The maximum Gasteiger partial charge on any atom is 0.0821 e. The fraction of sp³-hybridized carbons (Fsp3) is 0.143. The molecule has 0 aliphatic rings. The van der Waals surface area contributed by atoms with Crippen molar-refractivity contribution in [1.29, 1.82) is 5.26 Å². The highest BCUT2D eigenvalue weighted by Crippen LogP contribution is 2.20. The molecule has 1 aromatic rings. The molecule has 0 saturated heterocycles. The number of nitriles is 1. The summed E-state index contributed by atoms with van der Waals surface area (Å²) in [6.07, 6.45) is 3.25. The van der Waals surface area contributed by atoms with E-state index in [9.17, 15) is 0 Å². The van der Waals surface area contributed by atoms with Crippen LogP contribution in [0, 0.1) is 11.3 Å². The Morgan fingerprint density at radius 2 is 2.36 bits per heavy atom. The predicted octanol–water partition coefficient (Wildman–Crippen LogP) is 1.38. The molecule has 4 heteroatoms. The Balaban J connectivity index is 3.08. The molecule has 0 fully saturated rings. The molecule has 11 heavy (non-hydrogen) atoms. The summed E-state index contributed by atoms with van der Waals surface area (Å²) in [6.45, 7) is 0. The van der Waals surface area contributed by atoms with E-state index in [1.165, 1.54) is 6.20 Å². The van der Waals surface area contributed by atoms with E-state index in [1.54, 1.807) is 6.20 Å². The van der Waals surface area contributed by atoms with Crippen LogP contribution < -0.4 is 5.73 Å². The van der Waals surface area contributed by atoms with Gasteiger partial charge in [-0.05, 0) is 0 Å². The van der Waals surface area contributed by atoms with Crippen molar-refractivity contribution in [3.8, 4) is 6.07 Å². The molecular weight excluding hydrogens is 162 g/mol. The van der Waals surface area contributed by atoms with Gasteiger partial charge in [0, 0.05) is 18.0 Å². The van der Waals surface area contributed by atoms with Gasteiger partial charge in [-0.2, -0.15) is 5.26 Å². The Kier molecular flexibility index (Phi) is 2.29. The fourth-order valence-corrected chi connectivity index (χ4v) is 0.889. The summed E-state index contributed by atoms with van der Waals surface area (Å²) < 4.78 is 0. The van der Waals surface area contributed by atoms with Gasteiger partial charge in [-0.25, -0.2) is 0 Å². The number of nitrogens with zero attached hydrogens (tertiary/aromatic N) is 2. The zero-order valence-electron chi connectivity index (χ0n) is 5.71. The van der Waals surface area contributed by atoms with Gasteiger partial charge in [0.15, 0.2) is 0 Å². The lowest BCUT2D eigenvalue weighted by Gasteiger charge is -2.00. The molecule has 0 aliphatic carbocycles. The second-order valence-corrected chi connectivity index (χ2v) is 2.44. The smallest absolute Gasteiger partial charge is 0.0821 e. The number of aromatic nitrogens is 1. The highest BCUT2D eigenvalue weighted by molar-refractivity contribution is 6.33. The lowest BCUT2D eigenvalue weighted by Crippen LogP contribution is -1.95. The Labute approximate surface area is 69.4 Å². The lowest BCUT2D eigenvalue weighted by atomic mass is 10.2. The van der Waals surface area contributed by atoms with Crippen molar-refractivity contribution in [3.05, 3.63) is 23.0 Å². The van der Waals surface area contributed by atoms with E-state index in [1.807, 2.05) is 6.07 Å². The maximum absolute atomic E-state index is 8.36. The van der Waals surface area contributed by atoms with Crippen LogP contribution >= 0.6 is 11.6 Å². The molecule has 0 bridgehead atoms. The minimum absolute atomic E-state index is 0.249. The quantitative estimate of drug-likeness (QED) is 0.688. The van der Waals surface area contributed by atoms with E-state index in [0.717, 1.165) is 0 Å². The van der Waals surface area contributed by atoms with Gasteiger partial charge in [0.25, 0.3) is 0 Å². The Hall–Kier alpha value is -1.27. The topological polar surface area (TPSA) is 62.7 Å². The van der Waals surface area contributed by atoms with Gasteiger partial charge >= 0.3 is 0 Å². The minimum atomic E-state index is 0.249. The van der Waals surface area contributed by atoms with Gasteiger partial charge in [-0.1, -0.05) is 11.6 Å². The molecule has 0 amide bonds. The van der Waals surface area contributed by atoms with Crippen LogP contribution in [0.4, 0.5) is 5.69 Å². The highest BCUT2D eigenvalue weighted by Gasteiger charge is 2.01. The van der Waals surface area contributed by atoms with Crippen LogP contribution in [-0.2, 0) is 6.42 Å². The van der Waals surface area contributed by atoms with Crippen molar-refractivity contribution in [1.82, 2.24) is 4.98 Å². The molecule has 0 aliphatic heterocycles. The normalized spacial score (nSPS) is 9.09. The van der Waals surface area contributed by atoms with Crippen molar-refractivity contribution in [3.63, 3.8) is 0 Å². The summed E-state index contributed by atoms with van der Waals surface area (Å²) >= 11 is 5.65. The average Bonchev–Trinajstić information content (AvgIpc) is 1.99. The number of rotatable bonds is 1. The van der Waals surface area contributed by atoms with Crippen LogP contribution in [-0.4, -0.2) is 4.98 Å². The first kappa shape index (κ1) is 7.83. The Bertz CT molecular complexity index is 303. The van der Waals surface area contributed by atoms with Crippen molar-refractivity contribution in [2.24, 2.45) is 0 Å². The lowest BCUT2D eigenvalue weighted by molar-refractivity contribution is 1.20. The van der Waals surface area contributed by atoms with E-state index in [2.05, 4.69) is 4.98 Å². The summed E-state index contributed by atoms with van der Waals surface area (Å²) in [6, 6.07) is 1.97. The van der Waals surface area contributed by atoms with Crippen LogP contribution in [0.3, 0.4) is 0 Å². The van der Waals surface area contributed by atoms with Gasteiger partial charge in [0.05, 0.1) is 23.2 Å². The van der Waals surface area contributed by atoms with Gasteiger partial charge in [-0.3, -0.25) is 4.98 Å². The van der Waals surface area contributed by atoms with Crippen LogP contribution in [0.15, 0.2) is 12.4 Å². The van der Waals surface area contributed by atoms with Crippen molar-refractivity contribution in [2.45, 2.75) is 6.42 Å². The summed E-state index contributed by atoms with van der Waals surface area (Å²) in [5, 5.41) is 8.76. The zero-order valence-corrected chi connectivity index (χ0v) is 6.47. The molecule has 0 unspecified atom stereocenters. The number of halogens is 1. The molecule has 2 N–H and O–H groups in total. The largest absolute Gasteiger partial charge is 0.397 e. The summed E-state index contributed by atoms with van der Waals surface area (Å²) in [5.41, 5.74) is 6.67. The predicted molar refractivity (Wildman–Crippen MR) is 43.0 cm³/mol. The molecule has 1 aromatic heterocycles. The molecule has 1 heterocycles. The van der Waals surface area contributed by atoms with E-state index >= 15 is 0 Å². The van der Waals surface area contributed by atoms with Crippen molar-refractivity contribution >= 4 is 17.3 Å². The van der Waals surface area contributed by atoms with E-state index in [-0.39, 0.29) is 6.42 Å². The monoisotopic (exact) mass is 167 g/mol. The standard InChI is InChI=1S/C7H6ClN3/c8-6-4-11-3-5(1-2-9)7(6)10/h3-4H,1H2,(H2,10,11). The molecular formula is C7H6ClN3. The van der Waals surface area contributed by atoms with Crippen molar-refractivity contribution in [2.75, 3.05) is 5.73 Å². The average molecular weight is 168 g/mol. The minimum Gasteiger partial charge on any atom is -0.397 e.